The van der Waals surface area contributed by atoms with Gasteiger partial charge in [0.1, 0.15) is 0 Å². The summed E-state index contributed by atoms with van der Waals surface area (Å²) in [4.78, 5) is 4.43. The number of H-pyrrole nitrogens is 1. The van der Waals surface area contributed by atoms with Crippen LogP contribution in [0.25, 0.3) is 21.8 Å². The Morgan fingerprint density at radius 2 is 2.00 bits per heavy atom. The largest absolute Gasteiger partial charge is 0.395 e. The second-order valence-electron chi connectivity index (χ2n) is 7.23. The molecule has 0 unspecified atom stereocenters. The predicted octanol–water partition coefficient (Wildman–Crippen LogP) is 3.40. The number of aliphatic hydroxyl groups is 1. The topological polar surface area (TPSA) is 108 Å². The van der Waals surface area contributed by atoms with Gasteiger partial charge in [0.25, 0.3) is 0 Å². The van der Waals surface area contributed by atoms with Gasteiger partial charge in [0.2, 0.25) is 0 Å². The molecule has 0 amide bonds. The number of aliphatic hydroxyl groups excluding tert-OH is 1. The first-order valence-electron chi connectivity index (χ1n) is 8.77. The molecule has 7 nitrogen and oxygen atoms in total. The smallest absolute Gasteiger partial charge is 0.187 e. The highest BCUT2D eigenvalue weighted by Gasteiger charge is 2.36. The van der Waals surface area contributed by atoms with Crippen molar-refractivity contribution in [3.05, 3.63) is 54.9 Å². The molecule has 2 heterocycles. The number of aromatic amines is 1. The minimum Gasteiger partial charge on any atom is -0.395 e. The van der Waals surface area contributed by atoms with Crippen LogP contribution in [0.2, 0.25) is 0 Å². The van der Waals surface area contributed by atoms with Crippen LogP contribution in [-0.2, 0) is 9.84 Å². The van der Waals surface area contributed by atoms with Crippen LogP contribution in [0.5, 0.6) is 0 Å². The van der Waals surface area contributed by atoms with Gasteiger partial charge in [0.05, 0.1) is 33.5 Å². The molecule has 8 heteroatoms. The van der Waals surface area contributed by atoms with E-state index in [0.717, 1.165) is 22.3 Å². The third-order valence-electron chi connectivity index (χ3n) is 4.85. The fraction of sp³-hybridized carbons (Fsp3) is 0.200. The molecule has 0 bridgehead atoms. The lowest BCUT2D eigenvalue weighted by atomic mass is 10.1. The average Bonchev–Trinajstić information content (AvgIpc) is 3.15. The quantitative estimate of drug-likeness (QED) is 0.477. The number of fused-ring (bicyclic) bond motifs is 2. The maximum absolute atomic E-state index is 13.1. The van der Waals surface area contributed by atoms with Crippen LogP contribution in [0.15, 0.2) is 59.8 Å². The fourth-order valence-electron chi connectivity index (χ4n) is 3.03. The van der Waals surface area contributed by atoms with Crippen LogP contribution in [0, 0.1) is 0 Å². The lowest BCUT2D eigenvalue weighted by Gasteiger charge is -2.23. The molecule has 0 fully saturated rings. The number of sulfone groups is 1. The number of nitrogens with zero attached hydrogens (tertiary/aromatic N) is 2. The Labute approximate surface area is 162 Å². The zero-order valence-corrected chi connectivity index (χ0v) is 16.3. The summed E-state index contributed by atoms with van der Waals surface area (Å²) >= 11 is 0. The molecular weight excluding hydrogens is 376 g/mol. The van der Waals surface area contributed by atoms with E-state index in [-0.39, 0.29) is 4.90 Å². The van der Waals surface area contributed by atoms with E-state index in [1.807, 2.05) is 24.3 Å². The molecule has 0 aliphatic carbocycles. The summed E-state index contributed by atoms with van der Waals surface area (Å²) in [6, 6.07) is 12.7. The highest BCUT2D eigenvalue weighted by Crippen LogP contribution is 2.33. The lowest BCUT2D eigenvalue weighted by molar-refractivity contribution is 0.258. The molecule has 2 aromatic heterocycles. The minimum atomic E-state index is -3.78. The van der Waals surface area contributed by atoms with Crippen molar-refractivity contribution >= 4 is 43.0 Å². The van der Waals surface area contributed by atoms with Gasteiger partial charge in [-0.25, -0.2) is 8.42 Å². The molecule has 4 rings (SSSR count). The van der Waals surface area contributed by atoms with E-state index in [1.165, 1.54) is 19.9 Å². The molecule has 0 saturated heterocycles. The van der Waals surface area contributed by atoms with Gasteiger partial charge in [-0.15, -0.1) is 0 Å². The molecule has 0 radical (unpaired) electrons. The number of para-hydroxylation sites is 1. The lowest BCUT2D eigenvalue weighted by Crippen LogP contribution is -2.36. The average molecular weight is 396 g/mol. The van der Waals surface area contributed by atoms with E-state index in [2.05, 4.69) is 20.5 Å². The van der Waals surface area contributed by atoms with E-state index in [9.17, 15) is 13.5 Å². The van der Waals surface area contributed by atoms with Crippen molar-refractivity contribution in [1.82, 2.24) is 15.2 Å². The summed E-state index contributed by atoms with van der Waals surface area (Å²) in [5, 5.41) is 21.5. The SMILES string of the molecule is CC(C)(CO)S(=O)(=O)c1cccc2c(Nc3ccc4cn[nH]c4c3)ccnc12. The Bertz CT molecular complexity index is 1280. The van der Waals surface area contributed by atoms with Gasteiger partial charge in [-0.1, -0.05) is 12.1 Å². The standard InChI is InChI=1S/C20H20N4O3S/c1-20(2,12-25)28(26,27)18-5-3-4-15-16(8-9-21-19(15)18)23-14-7-6-13-11-22-24-17(13)10-14/h3-11,25H,12H2,1-2H3,(H,21,23)(H,22,24). The molecule has 0 spiro atoms. The number of rotatable bonds is 5. The van der Waals surface area contributed by atoms with E-state index in [1.54, 1.807) is 24.5 Å². The summed E-state index contributed by atoms with van der Waals surface area (Å²) in [6.45, 7) is 2.53. The number of nitrogens with one attached hydrogen (secondary N) is 2. The number of aromatic nitrogens is 3. The van der Waals surface area contributed by atoms with Gasteiger partial charge in [-0.05, 0) is 44.2 Å². The van der Waals surface area contributed by atoms with Crippen LogP contribution in [-0.4, -0.2) is 40.1 Å². The van der Waals surface area contributed by atoms with E-state index < -0.39 is 21.2 Å². The van der Waals surface area contributed by atoms with Gasteiger partial charge in [0.15, 0.2) is 9.84 Å². The van der Waals surface area contributed by atoms with Crippen molar-refractivity contribution in [2.24, 2.45) is 0 Å². The summed E-state index contributed by atoms with van der Waals surface area (Å²) in [5.41, 5.74) is 2.85. The Morgan fingerprint density at radius 3 is 2.79 bits per heavy atom. The number of anilines is 2. The zero-order valence-electron chi connectivity index (χ0n) is 15.5. The Hall–Kier alpha value is -2.97. The second kappa shape index (κ2) is 6.57. The number of benzene rings is 2. The monoisotopic (exact) mass is 396 g/mol. The van der Waals surface area contributed by atoms with E-state index in [0.29, 0.717) is 10.9 Å². The van der Waals surface area contributed by atoms with E-state index in [4.69, 9.17) is 0 Å². The van der Waals surface area contributed by atoms with Crippen molar-refractivity contribution in [3.8, 4) is 0 Å². The highest BCUT2D eigenvalue weighted by molar-refractivity contribution is 7.93. The van der Waals surface area contributed by atoms with Crippen molar-refractivity contribution < 1.29 is 13.5 Å². The number of hydrogen-bond donors (Lipinski definition) is 3. The first-order chi connectivity index (χ1) is 13.3. The second-order valence-corrected chi connectivity index (χ2v) is 9.78. The van der Waals surface area contributed by atoms with Gasteiger partial charge < -0.3 is 10.4 Å². The van der Waals surface area contributed by atoms with E-state index >= 15 is 0 Å². The van der Waals surface area contributed by atoms with Crippen molar-refractivity contribution in [3.63, 3.8) is 0 Å². The van der Waals surface area contributed by atoms with Crippen molar-refractivity contribution in [2.45, 2.75) is 23.5 Å². The predicted molar refractivity (Wildman–Crippen MR) is 109 cm³/mol. The first kappa shape index (κ1) is 18.4. The molecule has 0 saturated carbocycles. The molecule has 0 aliphatic heterocycles. The van der Waals surface area contributed by atoms with Crippen molar-refractivity contribution in [2.75, 3.05) is 11.9 Å². The Morgan fingerprint density at radius 1 is 1.18 bits per heavy atom. The molecule has 3 N–H and O–H groups in total. The third-order valence-corrected chi connectivity index (χ3v) is 7.35. The summed E-state index contributed by atoms with van der Waals surface area (Å²) < 4.78 is 24.8. The maximum atomic E-state index is 13.1. The van der Waals surface area contributed by atoms with Crippen molar-refractivity contribution in [1.29, 1.82) is 0 Å². The summed E-state index contributed by atoms with van der Waals surface area (Å²) in [5.74, 6) is 0. The minimum absolute atomic E-state index is 0.108. The van der Waals surface area contributed by atoms with Crippen LogP contribution >= 0.6 is 0 Å². The molecule has 4 aromatic rings. The first-order valence-corrected chi connectivity index (χ1v) is 10.3. The molecule has 0 atom stereocenters. The Balaban J connectivity index is 1.83. The van der Waals surface area contributed by atoms with Gasteiger partial charge in [-0.2, -0.15) is 5.10 Å². The zero-order chi connectivity index (χ0) is 19.9. The molecule has 2 aromatic carbocycles. The molecule has 144 valence electrons. The molecule has 0 aliphatic rings. The number of hydrogen-bond acceptors (Lipinski definition) is 6. The van der Waals surface area contributed by atoms with Crippen LogP contribution < -0.4 is 5.32 Å². The van der Waals surface area contributed by atoms with Crippen LogP contribution in [0.4, 0.5) is 11.4 Å². The van der Waals surface area contributed by atoms with Gasteiger partial charge >= 0.3 is 0 Å². The Kier molecular flexibility index (Phi) is 4.32. The summed E-state index contributed by atoms with van der Waals surface area (Å²) in [6.07, 6.45) is 3.32. The third kappa shape index (κ3) is 2.90. The maximum Gasteiger partial charge on any atom is 0.187 e. The van der Waals surface area contributed by atoms with Gasteiger partial charge in [-0.3, -0.25) is 10.1 Å². The normalized spacial score (nSPS) is 12.5. The summed E-state index contributed by atoms with van der Waals surface area (Å²) in [7, 11) is -3.78. The highest BCUT2D eigenvalue weighted by atomic mass is 32.2. The van der Waals surface area contributed by atoms with Crippen LogP contribution in [0.1, 0.15) is 13.8 Å². The van der Waals surface area contributed by atoms with Crippen LogP contribution in [0.3, 0.4) is 0 Å². The fourth-order valence-corrected chi connectivity index (χ4v) is 4.47. The van der Waals surface area contributed by atoms with Gasteiger partial charge in [0, 0.05) is 28.3 Å². The molecular formula is C20H20N4O3S. The molecule has 28 heavy (non-hydrogen) atoms. The number of pyridine rings is 1.